The average molecular weight is 409 g/mol. The minimum Gasteiger partial charge on any atom is -0.408 e. The van der Waals surface area contributed by atoms with Gasteiger partial charge in [0.1, 0.15) is 0 Å². The van der Waals surface area contributed by atoms with Crippen LogP contribution in [0.5, 0.6) is 0 Å². The summed E-state index contributed by atoms with van der Waals surface area (Å²) in [5.41, 5.74) is 4.23. The molecule has 5 rings (SSSR count). The predicted octanol–water partition coefficient (Wildman–Crippen LogP) is 3.89. The Morgan fingerprint density at radius 3 is 2.39 bits per heavy atom. The van der Waals surface area contributed by atoms with E-state index in [9.17, 15) is 4.79 Å². The van der Waals surface area contributed by atoms with Gasteiger partial charge in [0, 0.05) is 11.1 Å². The van der Waals surface area contributed by atoms with E-state index >= 15 is 0 Å². The van der Waals surface area contributed by atoms with E-state index in [1.165, 1.54) is 0 Å². The van der Waals surface area contributed by atoms with Crippen molar-refractivity contribution in [1.29, 1.82) is 0 Å². The lowest BCUT2D eigenvalue weighted by Gasteiger charge is -2.11. The minimum absolute atomic E-state index is 0.146. The van der Waals surface area contributed by atoms with Crippen molar-refractivity contribution in [1.82, 2.24) is 10.2 Å². The number of benzene rings is 3. The summed E-state index contributed by atoms with van der Waals surface area (Å²) in [6, 6.07) is 27.3. The summed E-state index contributed by atoms with van der Waals surface area (Å²) in [5, 5.41) is 14.0. The summed E-state index contributed by atoms with van der Waals surface area (Å²) >= 11 is 0. The lowest BCUT2D eigenvalue weighted by Crippen LogP contribution is -2.32. The molecule has 0 bridgehead atoms. The van der Waals surface area contributed by atoms with Crippen LogP contribution in [0.3, 0.4) is 0 Å². The Morgan fingerprint density at radius 2 is 1.58 bits per heavy atom. The smallest absolute Gasteiger partial charge is 0.317 e. The number of anilines is 2. The van der Waals surface area contributed by atoms with Crippen LogP contribution in [0.15, 0.2) is 94.3 Å². The average Bonchev–Trinajstić information content (AvgIpc) is 3.19. The lowest BCUT2D eigenvalue weighted by molar-refractivity contribution is -0.116. The molecule has 0 saturated carbocycles. The molecule has 0 aliphatic carbocycles. The zero-order chi connectivity index (χ0) is 21.0. The second-order valence-electron chi connectivity index (χ2n) is 7.09. The third-order valence-corrected chi connectivity index (χ3v) is 4.92. The van der Waals surface area contributed by atoms with Crippen molar-refractivity contribution >= 4 is 23.3 Å². The van der Waals surface area contributed by atoms with Gasteiger partial charge in [0.2, 0.25) is 12.1 Å². The molecule has 1 aliphatic heterocycles. The van der Waals surface area contributed by atoms with Crippen LogP contribution in [0, 0.1) is 0 Å². The number of benzodiazepines with no additional fused rings is 1. The fourth-order valence-electron chi connectivity index (χ4n) is 3.45. The number of para-hydroxylation sites is 1. The van der Waals surface area contributed by atoms with Gasteiger partial charge < -0.3 is 15.1 Å². The van der Waals surface area contributed by atoms with Crippen molar-refractivity contribution in [2.45, 2.75) is 12.6 Å². The number of rotatable bonds is 5. The first-order valence-electron chi connectivity index (χ1n) is 9.92. The molecule has 2 N–H and O–H groups in total. The van der Waals surface area contributed by atoms with E-state index in [0.717, 1.165) is 16.7 Å². The number of nitrogens with one attached hydrogen (secondary N) is 2. The second kappa shape index (κ2) is 8.23. The number of amides is 1. The van der Waals surface area contributed by atoms with Gasteiger partial charge >= 0.3 is 6.01 Å². The third-order valence-electron chi connectivity index (χ3n) is 4.92. The maximum Gasteiger partial charge on any atom is 0.317 e. The number of fused-ring (bicyclic) bond motifs is 1. The van der Waals surface area contributed by atoms with Gasteiger partial charge in [0.05, 0.1) is 17.8 Å². The Balaban J connectivity index is 1.45. The van der Waals surface area contributed by atoms with E-state index in [4.69, 9.17) is 9.41 Å². The van der Waals surface area contributed by atoms with Crippen molar-refractivity contribution < 1.29 is 9.21 Å². The largest absolute Gasteiger partial charge is 0.408 e. The highest BCUT2D eigenvalue weighted by molar-refractivity contribution is 6.19. The van der Waals surface area contributed by atoms with Gasteiger partial charge in [0.25, 0.3) is 5.91 Å². The summed E-state index contributed by atoms with van der Waals surface area (Å²) in [6.07, 6.45) is -0.413. The molecule has 31 heavy (non-hydrogen) atoms. The zero-order valence-electron chi connectivity index (χ0n) is 16.5. The lowest BCUT2D eigenvalue weighted by atomic mass is 10.0. The first kappa shape index (κ1) is 18.7. The SMILES string of the molecule is O=C1Nc2ccccc2C(c2ccccc2)=N[C@@H]1Nc1nnc(Cc2ccccc2)o1. The highest BCUT2D eigenvalue weighted by atomic mass is 16.4. The van der Waals surface area contributed by atoms with Gasteiger partial charge in [-0.1, -0.05) is 84.0 Å². The third kappa shape index (κ3) is 4.06. The van der Waals surface area contributed by atoms with Crippen LogP contribution in [0.25, 0.3) is 0 Å². The molecule has 1 aliphatic rings. The molecule has 1 atom stereocenters. The molecule has 0 unspecified atom stereocenters. The van der Waals surface area contributed by atoms with Crippen molar-refractivity contribution in [3.63, 3.8) is 0 Å². The fourth-order valence-corrected chi connectivity index (χ4v) is 3.45. The Morgan fingerprint density at radius 1 is 0.871 bits per heavy atom. The number of aromatic nitrogens is 2. The van der Waals surface area contributed by atoms with Crippen LogP contribution in [-0.4, -0.2) is 28.0 Å². The quantitative estimate of drug-likeness (QED) is 0.522. The van der Waals surface area contributed by atoms with Crippen molar-refractivity contribution in [3.8, 4) is 0 Å². The molecule has 2 heterocycles. The van der Waals surface area contributed by atoms with Crippen LogP contribution in [0.1, 0.15) is 22.6 Å². The Bertz CT molecular complexity index is 1240. The maximum absolute atomic E-state index is 12.9. The second-order valence-corrected chi connectivity index (χ2v) is 7.09. The molecule has 152 valence electrons. The van der Waals surface area contributed by atoms with Crippen LogP contribution in [0.2, 0.25) is 0 Å². The van der Waals surface area contributed by atoms with Crippen LogP contribution < -0.4 is 10.6 Å². The van der Waals surface area contributed by atoms with E-state index in [0.29, 0.717) is 23.7 Å². The predicted molar refractivity (Wildman–Crippen MR) is 118 cm³/mol. The van der Waals surface area contributed by atoms with Crippen molar-refractivity contribution in [3.05, 3.63) is 108 Å². The summed E-state index contributed by atoms with van der Waals surface area (Å²) < 4.78 is 5.71. The number of carbonyl (C=O) groups excluding carboxylic acids is 1. The monoisotopic (exact) mass is 409 g/mol. The summed E-state index contributed by atoms with van der Waals surface area (Å²) in [5.74, 6) is 0.152. The van der Waals surface area contributed by atoms with Crippen LogP contribution >= 0.6 is 0 Å². The van der Waals surface area contributed by atoms with Gasteiger partial charge in [-0.05, 0) is 11.6 Å². The van der Waals surface area contributed by atoms with Gasteiger partial charge in [-0.25, -0.2) is 4.99 Å². The standard InChI is InChI=1S/C24H19N5O2/c30-23-22(27-24-29-28-20(31-24)15-16-9-3-1-4-10-16)26-21(17-11-5-2-6-12-17)18-13-7-8-14-19(18)25-23/h1-14,22H,15H2,(H,25,30)(H,27,29)/t22-/m1/s1. The first-order chi connectivity index (χ1) is 15.3. The topological polar surface area (TPSA) is 92.4 Å². The number of hydrogen-bond acceptors (Lipinski definition) is 6. The van der Waals surface area contributed by atoms with Gasteiger partial charge in [-0.3, -0.25) is 4.79 Å². The normalized spacial score (nSPS) is 15.4. The molecule has 0 radical (unpaired) electrons. The first-order valence-corrected chi connectivity index (χ1v) is 9.92. The molecule has 1 aromatic heterocycles. The fraction of sp³-hybridized carbons (Fsp3) is 0.0833. The minimum atomic E-state index is -0.923. The summed E-state index contributed by atoms with van der Waals surface area (Å²) in [4.78, 5) is 17.6. The molecular weight excluding hydrogens is 390 g/mol. The van der Waals surface area contributed by atoms with E-state index in [1.54, 1.807) is 0 Å². The summed E-state index contributed by atoms with van der Waals surface area (Å²) in [6.45, 7) is 0. The molecule has 7 heteroatoms. The highest BCUT2D eigenvalue weighted by Crippen LogP contribution is 2.24. The Kier molecular flexibility index (Phi) is 4.98. The number of hydrogen-bond donors (Lipinski definition) is 2. The van der Waals surface area contributed by atoms with Gasteiger partial charge in [0.15, 0.2) is 0 Å². The van der Waals surface area contributed by atoms with Crippen molar-refractivity contribution in [2.24, 2.45) is 4.99 Å². The van der Waals surface area contributed by atoms with E-state index in [-0.39, 0.29) is 11.9 Å². The molecule has 3 aromatic carbocycles. The number of aliphatic imine (C=N–C) groups is 1. The molecule has 4 aromatic rings. The highest BCUT2D eigenvalue weighted by Gasteiger charge is 2.27. The Hall–Kier alpha value is -4.26. The summed E-state index contributed by atoms with van der Waals surface area (Å²) in [7, 11) is 0. The van der Waals surface area contributed by atoms with Gasteiger partial charge in [-0.15, -0.1) is 5.10 Å². The van der Waals surface area contributed by atoms with Crippen LogP contribution in [-0.2, 0) is 11.2 Å². The molecular formula is C24H19N5O2. The van der Waals surface area contributed by atoms with Crippen LogP contribution in [0.4, 0.5) is 11.7 Å². The van der Waals surface area contributed by atoms with E-state index in [2.05, 4.69) is 20.8 Å². The number of nitrogens with zero attached hydrogens (tertiary/aromatic N) is 3. The van der Waals surface area contributed by atoms with Crippen molar-refractivity contribution in [2.75, 3.05) is 10.6 Å². The maximum atomic E-state index is 12.9. The van der Waals surface area contributed by atoms with E-state index in [1.807, 2.05) is 84.9 Å². The number of carbonyl (C=O) groups is 1. The molecule has 7 nitrogen and oxygen atoms in total. The van der Waals surface area contributed by atoms with Gasteiger partial charge in [-0.2, -0.15) is 0 Å². The Labute approximate surface area is 178 Å². The molecule has 1 amide bonds. The molecule has 0 spiro atoms. The molecule has 0 fully saturated rings. The van der Waals surface area contributed by atoms with E-state index < -0.39 is 6.17 Å². The molecule has 0 saturated heterocycles. The zero-order valence-corrected chi connectivity index (χ0v) is 16.5.